The summed E-state index contributed by atoms with van der Waals surface area (Å²) in [4.78, 5) is 29.5. The van der Waals surface area contributed by atoms with Gasteiger partial charge >= 0.3 is 5.97 Å². The molecule has 0 radical (unpaired) electrons. The minimum absolute atomic E-state index is 0.0619. The highest BCUT2D eigenvalue weighted by molar-refractivity contribution is 5.81. The van der Waals surface area contributed by atoms with Crippen molar-refractivity contribution in [2.24, 2.45) is 0 Å². The maximum atomic E-state index is 11.6. The summed E-state index contributed by atoms with van der Waals surface area (Å²) in [6, 6.07) is 8.88. The van der Waals surface area contributed by atoms with Gasteiger partial charge < -0.3 is 15.4 Å². The van der Waals surface area contributed by atoms with Gasteiger partial charge in [0.05, 0.1) is 0 Å². The molecule has 2 rings (SSSR count). The molecule has 0 amide bonds. The number of carboxylic acid groups (broad SMARTS) is 1. The van der Waals surface area contributed by atoms with Gasteiger partial charge in [0.2, 0.25) is 0 Å². The van der Waals surface area contributed by atoms with Crippen LogP contribution in [-0.4, -0.2) is 27.6 Å². The van der Waals surface area contributed by atoms with Gasteiger partial charge in [0.15, 0.2) is 5.82 Å². The molecule has 1 unspecified atom stereocenters. The third kappa shape index (κ3) is 2.69. The Kier molecular flexibility index (Phi) is 3.84. The topological polar surface area (TPSA) is 95.1 Å². The molecule has 1 aromatic heterocycles. The number of H-pyrrole nitrogens is 1. The summed E-state index contributed by atoms with van der Waals surface area (Å²) in [5, 5.41) is 12.3. The van der Waals surface area contributed by atoms with Crippen LogP contribution in [0.15, 0.2) is 47.5 Å². The predicted octanol–water partition coefficient (Wildman–Crippen LogP) is 1.22. The molecule has 0 saturated carbocycles. The molecule has 0 spiro atoms. The van der Waals surface area contributed by atoms with Crippen LogP contribution in [0.2, 0.25) is 0 Å². The molecular formula is C14H15N3O3. The van der Waals surface area contributed by atoms with Gasteiger partial charge in [0, 0.05) is 18.9 Å². The lowest BCUT2D eigenvalue weighted by atomic mass is 9.82. The normalized spacial score (nSPS) is 13.4. The molecular weight excluding hydrogens is 258 g/mol. The van der Waals surface area contributed by atoms with Gasteiger partial charge in [-0.25, -0.2) is 4.98 Å². The largest absolute Gasteiger partial charge is 0.481 e. The standard InChI is InChI=1S/C14H15N3O3/c1-14(13(19)20,10-5-3-2-4-6-10)9-17-11-12(18)16-8-7-15-11/h2-8H,9H2,1H3,(H,15,17)(H,16,18)(H,19,20). The first-order valence-corrected chi connectivity index (χ1v) is 6.10. The second-order valence-corrected chi connectivity index (χ2v) is 4.62. The second-order valence-electron chi connectivity index (χ2n) is 4.62. The van der Waals surface area contributed by atoms with E-state index in [0.717, 1.165) is 0 Å². The number of anilines is 1. The molecule has 0 aliphatic carbocycles. The van der Waals surface area contributed by atoms with E-state index in [1.54, 1.807) is 31.2 Å². The number of aromatic nitrogens is 2. The van der Waals surface area contributed by atoms with E-state index in [2.05, 4.69) is 15.3 Å². The zero-order valence-electron chi connectivity index (χ0n) is 11.0. The fourth-order valence-corrected chi connectivity index (χ4v) is 1.85. The summed E-state index contributed by atoms with van der Waals surface area (Å²) in [6.07, 6.45) is 2.85. The molecule has 0 aliphatic heterocycles. The van der Waals surface area contributed by atoms with Crippen LogP contribution < -0.4 is 10.9 Å². The Morgan fingerprint density at radius 3 is 2.70 bits per heavy atom. The Balaban J connectivity index is 2.25. The van der Waals surface area contributed by atoms with E-state index in [9.17, 15) is 14.7 Å². The van der Waals surface area contributed by atoms with Gasteiger partial charge in [-0.3, -0.25) is 9.59 Å². The first-order chi connectivity index (χ1) is 9.54. The number of aliphatic carboxylic acids is 1. The average molecular weight is 273 g/mol. The summed E-state index contributed by atoms with van der Waals surface area (Å²) < 4.78 is 0. The van der Waals surface area contributed by atoms with Crippen molar-refractivity contribution in [3.8, 4) is 0 Å². The summed E-state index contributed by atoms with van der Waals surface area (Å²) >= 11 is 0. The molecule has 0 bridgehead atoms. The molecule has 2 aromatic rings. The van der Waals surface area contributed by atoms with E-state index in [1.165, 1.54) is 12.4 Å². The molecule has 20 heavy (non-hydrogen) atoms. The van der Waals surface area contributed by atoms with E-state index >= 15 is 0 Å². The molecule has 0 aliphatic rings. The first-order valence-electron chi connectivity index (χ1n) is 6.10. The molecule has 1 aromatic carbocycles. The molecule has 1 heterocycles. The summed E-state index contributed by atoms with van der Waals surface area (Å²) in [7, 11) is 0. The fourth-order valence-electron chi connectivity index (χ4n) is 1.85. The highest BCUT2D eigenvalue weighted by atomic mass is 16.4. The van der Waals surface area contributed by atoms with Crippen LogP contribution in [0.25, 0.3) is 0 Å². The molecule has 6 nitrogen and oxygen atoms in total. The predicted molar refractivity (Wildman–Crippen MR) is 74.8 cm³/mol. The number of aromatic amines is 1. The molecule has 0 saturated heterocycles. The lowest BCUT2D eigenvalue weighted by Gasteiger charge is -2.25. The molecule has 104 valence electrons. The fraction of sp³-hybridized carbons (Fsp3) is 0.214. The van der Waals surface area contributed by atoms with E-state index in [4.69, 9.17) is 0 Å². The number of nitrogens with one attached hydrogen (secondary N) is 2. The Bertz CT molecular complexity index is 654. The van der Waals surface area contributed by atoms with Gasteiger partial charge in [-0.15, -0.1) is 0 Å². The minimum atomic E-state index is -1.15. The minimum Gasteiger partial charge on any atom is -0.481 e. The zero-order valence-corrected chi connectivity index (χ0v) is 11.0. The summed E-state index contributed by atoms with van der Waals surface area (Å²) in [5.74, 6) is -0.862. The van der Waals surface area contributed by atoms with Crippen molar-refractivity contribution in [1.82, 2.24) is 9.97 Å². The van der Waals surface area contributed by atoms with Crippen LogP contribution in [0, 0.1) is 0 Å². The SMILES string of the molecule is CC(CNc1ncc[nH]c1=O)(C(=O)O)c1ccccc1. The molecule has 1 atom stereocenters. The monoisotopic (exact) mass is 273 g/mol. The van der Waals surface area contributed by atoms with Crippen molar-refractivity contribution in [2.75, 3.05) is 11.9 Å². The number of nitrogens with zero attached hydrogens (tertiary/aromatic N) is 1. The maximum absolute atomic E-state index is 11.6. The number of carbonyl (C=O) groups is 1. The molecule has 6 heteroatoms. The van der Waals surface area contributed by atoms with E-state index in [-0.39, 0.29) is 17.9 Å². The zero-order chi connectivity index (χ0) is 14.6. The lowest BCUT2D eigenvalue weighted by Crippen LogP contribution is -2.40. The van der Waals surface area contributed by atoms with Gasteiger partial charge in [-0.2, -0.15) is 0 Å². The van der Waals surface area contributed by atoms with E-state index in [0.29, 0.717) is 5.56 Å². The van der Waals surface area contributed by atoms with Crippen molar-refractivity contribution < 1.29 is 9.90 Å². The van der Waals surface area contributed by atoms with Crippen LogP contribution in [-0.2, 0) is 10.2 Å². The van der Waals surface area contributed by atoms with Crippen LogP contribution in [0.5, 0.6) is 0 Å². The van der Waals surface area contributed by atoms with Crippen molar-refractivity contribution in [2.45, 2.75) is 12.3 Å². The van der Waals surface area contributed by atoms with Crippen molar-refractivity contribution >= 4 is 11.8 Å². The van der Waals surface area contributed by atoms with Crippen LogP contribution in [0.4, 0.5) is 5.82 Å². The highest BCUT2D eigenvalue weighted by Crippen LogP contribution is 2.24. The quantitative estimate of drug-likeness (QED) is 0.761. The van der Waals surface area contributed by atoms with Crippen molar-refractivity contribution in [1.29, 1.82) is 0 Å². The summed E-state index contributed by atoms with van der Waals surface area (Å²) in [5.41, 5.74) is -0.869. The van der Waals surface area contributed by atoms with Gasteiger partial charge in [-0.1, -0.05) is 30.3 Å². The maximum Gasteiger partial charge on any atom is 0.315 e. The van der Waals surface area contributed by atoms with E-state index < -0.39 is 11.4 Å². The Morgan fingerprint density at radius 1 is 1.40 bits per heavy atom. The molecule has 0 fully saturated rings. The second kappa shape index (κ2) is 5.56. The third-order valence-electron chi connectivity index (χ3n) is 3.20. The number of benzene rings is 1. The third-order valence-corrected chi connectivity index (χ3v) is 3.20. The molecule has 3 N–H and O–H groups in total. The van der Waals surface area contributed by atoms with Crippen molar-refractivity contribution in [3.63, 3.8) is 0 Å². The number of carboxylic acids is 1. The van der Waals surface area contributed by atoms with Gasteiger partial charge in [0.1, 0.15) is 5.41 Å². The first kappa shape index (κ1) is 13.8. The van der Waals surface area contributed by atoms with Crippen LogP contribution >= 0.6 is 0 Å². The number of rotatable bonds is 5. The van der Waals surface area contributed by atoms with Gasteiger partial charge in [0.25, 0.3) is 5.56 Å². The van der Waals surface area contributed by atoms with E-state index in [1.807, 2.05) is 6.07 Å². The Hall–Kier alpha value is -2.63. The summed E-state index contributed by atoms with van der Waals surface area (Å²) in [6.45, 7) is 1.67. The smallest absolute Gasteiger partial charge is 0.315 e. The van der Waals surface area contributed by atoms with Crippen LogP contribution in [0.1, 0.15) is 12.5 Å². The Morgan fingerprint density at radius 2 is 2.10 bits per heavy atom. The lowest BCUT2D eigenvalue weighted by molar-refractivity contribution is -0.142. The highest BCUT2D eigenvalue weighted by Gasteiger charge is 2.35. The Labute approximate surface area is 115 Å². The number of hydrogen-bond acceptors (Lipinski definition) is 4. The number of hydrogen-bond donors (Lipinski definition) is 3. The van der Waals surface area contributed by atoms with Gasteiger partial charge in [-0.05, 0) is 12.5 Å². The van der Waals surface area contributed by atoms with Crippen LogP contribution in [0.3, 0.4) is 0 Å². The average Bonchev–Trinajstić information content (AvgIpc) is 2.47. The van der Waals surface area contributed by atoms with Crippen molar-refractivity contribution in [3.05, 3.63) is 58.6 Å².